The molecule has 1 N–H and O–H groups in total. The van der Waals surface area contributed by atoms with Crippen molar-refractivity contribution in [1.82, 2.24) is 10.2 Å². The Morgan fingerprint density at radius 3 is 2.43 bits per heavy atom. The van der Waals surface area contributed by atoms with Gasteiger partial charge in [0.25, 0.3) is 5.91 Å². The van der Waals surface area contributed by atoms with Gasteiger partial charge in [0.15, 0.2) is 0 Å². The van der Waals surface area contributed by atoms with Crippen molar-refractivity contribution >= 4 is 17.6 Å². The number of rotatable bonds is 4. The van der Waals surface area contributed by atoms with E-state index in [4.69, 9.17) is 0 Å². The summed E-state index contributed by atoms with van der Waals surface area (Å²) in [5.41, 5.74) is 1.53. The Morgan fingerprint density at radius 1 is 1.29 bits per heavy atom. The molecule has 5 nitrogen and oxygen atoms in total. The third-order valence-corrected chi connectivity index (χ3v) is 4.01. The maximum absolute atomic E-state index is 12.6. The van der Waals surface area contributed by atoms with Crippen molar-refractivity contribution in [3.05, 3.63) is 29.8 Å². The summed E-state index contributed by atoms with van der Waals surface area (Å²) in [6, 6.07) is 7.89. The minimum atomic E-state index is -0.0733. The largest absolute Gasteiger partial charge is 0.336 e. The number of urea groups is 1. The first-order chi connectivity index (χ1) is 10.1. The molecule has 5 heteroatoms. The van der Waals surface area contributed by atoms with Crippen molar-refractivity contribution in [2.45, 2.75) is 38.8 Å². The summed E-state index contributed by atoms with van der Waals surface area (Å²) in [5.74, 6) is 0.0879. The Morgan fingerprint density at radius 2 is 1.95 bits per heavy atom. The van der Waals surface area contributed by atoms with E-state index in [1.54, 1.807) is 4.90 Å². The highest BCUT2D eigenvalue weighted by molar-refractivity contribution is 5.97. The van der Waals surface area contributed by atoms with Crippen LogP contribution >= 0.6 is 0 Å². The van der Waals surface area contributed by atoms with Crippen LogP contribution in [0.25, 0.3) is 0 Å². The lowest BCUT2D eigenvalue weighted by Crippen LogP contribution is -2.38. The van der Waals surface area contributed by atoms with Gasteiger partial charge in [0.1, 0.15) is 0 Å². The highest BCUT2D eigenvalue weighted by Crippen LogP contribution is 2.30. The Balaban J connectivity index is 1.77. The summed E-state index contributed by atoms with van der Waals surface area (Å²) < 4.78 is 0. The number of anilines is 1. The number of hydrogen-bond donors (Lipinski definition) is 1. The first kappa shape index (κ1) is 13.9. The van der Waals surface area contributed by atoms with E-state index >= 15 is 0 Å². The van der Waals surface area contributed by atoms with Crippen LogP contribution in [0.1, 0.15) is 37.0 Å². The number of carbonyl (C=O) groups is 2. The monoisotopic (exact) mass is 287 g/mol. The number of benzene rings is 1. The molecule has 0 atom stereocenters. The van der Waals surface area contributed by atoms with Gasteiger partial charge in [-0.3, -0.25) is 9.69 Å². The van der Waals surface area contributed by atoms with Gasteiger partial charge in [-0.1, -0.05) is 0 Å². The Labute approximate surface area is 124 Å². The minimum Gasteiger partial charge on any atom is -0.336 e. The van der Waals surface area contributed by atoms with Crippen LogP contribution in [0.3, 0.4) is 0 Å². The van der Waals surface area contributed by atoms with Gasteiger partial charge in [-0.25, -0.2) is 4.79 Å². The standard InChI is InChI=1S/C16H21N3O2/c1-11(2)19(14-7-8-14)15(20)12-3-5-13(6-4-12)18-10-9-17-16(18)21/h3-6,11,14H,7-10H2,1-2H3,(H,17,21). The molecule has 2 aliphatic rings. The molecule has 112 valence electrons. The average molecular weight is 287 g/mol. The van der Waals surface area contributed by atoms with Gasteiger partial charge < -0.3 is 10.2 Å². The van der Waals surface area contributed by atoms with Gasteiger partial charge in [0, 0.05) is 36.4 Å². The maximum atomic E-state index is 12.6. The van der Waals surface area contributed by atoms with E-state index in [9.17, 15) is 9.59 Å². The number of amides is 3. The van der Waals surface area contributed by atoms with Gasteiger partial charge in [0.05, 0.1) is 0 Å². The molecule has 1 saturated carbocycles. The molecule has 3 amide bonds. The molecule has 0 radical (unpaired) electrons. The number of nitrogens with zero attached hydrogens (tertiary/aromatic N) is 2. The van der Waals surface area contributed by atoms with Crippen LogP contribution < -0.4 is 10.2 Å². The molecule has 1 aromatic carbocycles. The van der Waals surface area contributed by atoms with Gasteiger partial charge in [-0.2, -0.15) is 0 Å². The fraction of sp³-hybridized carbons (Fsp3) is 0.500. The Bertz CT molecular complexity index is 547. The molecule has 0 unspecified atom stereocenters. The zero-order valence-electron chi connectivity index (χ0n) is 12.5. The molecule has 0 bridgehead atoms. The van der Waals surface area contributed by atoms with Crippen molar-refractivity contribution < 1.29 is 9.59 Å². The van der Waals surface area contributed by atoms with Crippen LogP contribution in [0.4, 0.5) is 10.5 Å². The lowest BCUT2D eigenvalue weighted by Gasteiger charge is -2.27. The molecule has 3 rings (SSSR count). The summed E-state index contributed by atoms with van der Waals surface area (Å²) in [7, 11) is 0. The molecule has 21 heavy (non-hydrogen) atoms. The van der Waals surface area contributed by atoms with Crippen molar-refractivity contribution in [3.63, 3.8) is 0 Å². The predicted molar refractivity (Wildman–Crippen MR) is 81.5 cm³/mol. The van der Waals surface area contributed by atoms with E-state index < -0.39 is 0 Å². The second-order valence-corrected chi connectivity index (χ2v) is 5.97. The molecule has 1 saturated heterocycles. The van der Waals surface area contributed by atoms with Crippen LogP contribution in [0, 0.1) is 0 Å². The molecular formula is C16H21N3O2. The third kappa shape index (κ3) is 2.73. The van der Waals surface area contributed by atoms with E-state index in [1.807, 2.05) is 29.2 Å². The SMILES string of the molecule is CC(C)N(C(=O)c1ccc(N2CCNC2=O)cc1)C1CC1. The van der Waals surface area contributed by atoms with E-state index in [1.165, 1.54) is 0 Å². The molecule has 1 heterocycles. The van der Waals surface area contributed by atoms with Crippen LogP contribution in [-0.4, -0.2) is 42.0 Å². The summed E-state index contributed by atoms with van der Waals surface area (Å²) in [6.45, 7) is 5.45. The molecule has 2 fully saturated rings. The highest BCUT2D eigenvalue weighted by Gasteiger charge is 2.34. The van der Waals surface area contributed by atoms with Gasteiger partial charge >= 0.3 is 6.03 Å². The summed E-state index contributed by atoms with van der Waals surface area (Å²) in [6.07, 6.45) is 2.21. The van der Waals surface area contributed by atoms with Crippen LogP contribution in [0.15, 0.2) is 24.3 Å². The van der Waals surface area contributed by atoms with Crippen molar-refractivity contribution in [2.75, 3.05) is 18.0 Å². The number of carbonyl (C=O) groups excluding carboxylic acids is 2. The van der Waals surface area contributed by atoms with Gasteiger partial charge in [0.2, 0.25) is 0 Å². The summed E-state index contributed by atoms with van der Waals surface area (Å²) >= 11 is 0. The van der Waals surface area contributed by atoms with Crippen molar-refractivity contribution in [2.24, 2.45) is 0 Å². The minimum absolute atomic E-state index is 0.0733. The molecule has 1 aliphatic carbocycles. The molecule has 1 aromatic rings. The second-order valence-electron chi connectivity index (χ2n) is 5.97. The smallest absolute Gasteiger partial charge is 0.321 e. The third-order valence-electron chi connectivity index (χ3n) is 4.01. The first-order valence-corrected chi connectivity index (χ1v) is 7.56. The highest BCUT2D eigenvalue weighted by atomic mass is 16.2. The quantitative estimate of drug-likeness (QED) is 0.923. The van der Waals surface area contributed by atoms with E-state index in [-0.39, 0.29) is 18.0 Å². The lowest BCUT2D eigenvalue weighted by molar-refractivity contribution is 0.0690. The molecule has 0 spiro atoms. The number of hydrogen-bond acceptors (Lipinski definition) is 2. The van der Waals surface area contributed by atoms with E-state index in [0.29, 0.717) is 24.7 Å². The topological polar surface area (TPSA) is 52.7 Å². The Hall–Kier alpha value is -2.04. The zero-order valence-corrected chi connectivity index (χ0v) is 12.5. The zero-order chi connectivity index (χ0) is 15.0. The number of nitrogens with one attached hydrogen (secondary N) is 1. The van der Waals surface area contributed by atoms with Gasteiger partial charge in [-0.05, 0) is 51.0 Å². The average Bonchev–Trinajstić information content (AvgIpc) is 3.19. The predicted octanol–water partition coefficient (Wildman–Crippen LogP) is 2.23. The van der Waals surface area contributed by atoms with E-state index in [2.05, 4.69) is 19.2 Å². The van der Waals surface area contributed by atoms with Crippen LogP contribution in [0.2, 0.25) is 0 Å². The fourth-order valence-corrected chi connectivity index (χ4v) is 2.83. The lowest BCUT2D eigenvalue weighted by atomic mass is 10.1. The van der Waals surface area contributed by atoms with Gasteiger partial charge in [-0.15, -0.1) is 0 Å². The molecule has 0 aromatic heterocycles. The summed E-state index contributed by atoms with van der Waals surface area (Å²) in [5, 5.41) is 2.77. The molecular weight excluding hydrogens is 266 g/mol. The first-order valence-electron chi connectivity index (χ1n) is 7.56. The fourth-order valence-electron chi connectivity index (χ4n) is 2.83. The van der Waals surface area contributed by atoms with Crippen LogP contribution in [-0.2, 0) is 0 Å². The van der Waals surface area contributed by atoms with Crippen LogP contribution in [0.5, 0.6) is 0 Å². The van der Waals surface area contributed by atoms with E-state index in [0.717, 1.165) is 18.5 Å². The summed E-state index contributed by atoms with van der Waals surface area (Å²) in [4.78, 5) is 27.9. The Kier molecular flexibility index (Phi) is 3.57. The normalized spacial score (nSPS) is 18.0. The maximum Gasteiger partial charge on any atom is 0.321 e. The molecule has 1 aliphatic heterocycles. The second kappa shape index (κ2) is 5.39. The van der Waals surface area contributed by atoms with Crippen molar-refractivity contribution in [3.8, 4) is 0 Å². The van der Waals surface area contributed by atoms with Crippen molar-refractivity contribution in [1.29, 1.82) is 0 Å².